The first-order valence-corrected chi connectivity index (χ1v) is 6.33. The number of hydrogen-bond acceptors (Lipinski definition) is 4. The predicted octanol–water partition coefficient (Wildman–Crippen LogP) is 0.420. The van der Waals surface area contributed by atoms with Crippen LogP contribution in [0.15, 0.2) is 6.07 Å². The topological polar surface area (TPSA) is 78.0 Å². The summed E-state index contributed by atoms with van der Waals surface area (Å²) in [5.41, 5.74) is 6.14. The number of nitrogens with two attached hydrogens (primary N) is 1. The van der Waals surface area contributed by atoms with Gasteiger partial charge >= 0.3 is 0 Å². The van der Waals surface area contributed by atoms with E-state index in [0.29, 0.717) is 18.1 Å². The van der Waals surface area contributed by atoms with Crippen LogP contribution < -0.4 is 5.73 Å². The van der Waals surface area contributed by atoms with Crippen molar-refractivity contribution in [3.8, 4) is 0 Å². The van der Waals surface area contributed by atoms with E-state index in [0.717, 1.165) is 0 Å². The zero-order valence-electron chi connectivity index (χ0n) is 8.40. The number of rotatable bonds is 4. The average molecular weight is 217 g/mol. The first-order valence-electron chi connectivity index (χ1n) is 4.51. The summed E-state index contributed by atoms with van der Waals surface area (Å²) in [4.78, 5) is 0. The largest absolute Gasteiger partial charge is 0.384 e. The minimum absolute atomic E-state index is 0.0271. The summed E-state index contributed by atoms with van der Waals surface area (Å²) in [6.45, 7) is 4.18. The van der Waals surface area contributed by atoms with Crippen LogP contribution >= 0.6 is 0 Å². The summed E-state index contributed by atoms with van der Waals surface area (Å²) in [5.74, 6) is 0.612. The van der Waals surface area contributed by atoms with E-state index in [4.69, 9.17) is 5.73 Å². The van der Waals surface area contributed by atoms with Gasteiger partial charge in [-0.15, -0.1) is 0 Å². The number of aromatic nitrogens is 2. The Morgan fingerprint density at radius 3 is 2.57 bits per heavy atom. The van der Waals surface area contributed by atoms with E-state index < -0.39 is 9.84 Å². The Hall–Kier alpha value is -1.04. The fraction of sp³-hybridized carbons (Fsp3) is 0.625. The van der Waals surface area contributed by atoms with Crippen LogP contribution in [0.1, 0.15) is 19.5 Å². The number of sulfone groups is 1. The molecule has 0 saturated heterocycles. The van der Waals surface area contributed by atoms with E-state index in [9.17, 15) is 8.42 Å². The summed E-state index contributed by atoms with van der Waals surface area (Å²) in [6.07, 6.45) is 0. The van der Waals surface area contributed by atoms with Crippen LogP contribution in [0.3, 0.4) is 0 Å². The molecule has 14 heavy (non-hydrogen) atoms. The molecular weight excluding hydrogens is 202 g/mol. The van der Waals surface area contributed by atoms with Crippen molar-refractivity contribution in [1.82, 2.24) is 9.78 Å². The first-order chi connectivity index (χ1) is 6.48. The lowest BCUT2D eigenvalue weighted by Crippen LogP contribution is -2.08. The summed E-state index contributed by atoms with van der Waals surface area (Å²) in [6, 6.07) is 1.61. The van der Waals surface area contributed by atoms with Gasteiger partial charge in [0.05, 0.1) is 11.4 Å². The molecule has 0 bridgehead atoms. The van der Waals surface area contributed by atoms with Gasteiger partial charge in [-0.05, 0) is 6.92 Å². The number of nitrogen functional groups attached to an aromatic ring is 1. The first kappa shape index (κ1) is 11.0. The zero-order valence-corrected chi connectivity index (χ0v) is 9.21. The van der Waals surface area contributed by atoms with Gasteiger partial charge in [0, 0.05) is 18.4 Å². The molecule has 1 rings (SSSR count). The van der Waals surface area contributed by atoms with Crippen molar-refractivity contribution in [2.75, 3.05) is 11.5 Å². The summed E-state index contributed by atoms with van der Waals surface area (Å²) in [7, 11) is -3.02. The molecule has 1 aromatic heterocycles. The number of nitrogens with zero attached hydrogens (tertiary/aromatic N) is 2. The van der Waals surface area contributed by atoms with Gasteiger partial charge in [0.25, 0.3) is 0 Å². The lowest BCUT2D eigenvalue weighted by Gasteiger charge is -1.97. The highest BCUT2D eigenvalue weighted by Gasteiger charge is 2.12. The third-order valence-electron chi connectivity index (χ3n) is 1.97. The highest BCUT2D eigenvalue weighted by Crippen LogP contribution is 2.09. The van der Waals surface area contributed by atoms with Crippen molar-refractivity contribution >= 4 is 15.7 Å². The van der Waals surface area contributed by atoms with Gasteiger partial charge in [0.15, 0.2) is 9.84 Å². The van der Waals surface area contributed by atoms with E-state index in [1.807, 2.05) is 6.92 Å². The van der Waals surface area contributed by atoms with Crippen LogP contribution in [0.25, 0.3) is 0 Å². The van der Waals surface area contributed by atoms with Crippen molar-refractivity contribution in [3.05, 3.63) is 11.8 Å². The van der Waals surface area contributed by atoms with Gasteiger partial charge in [0.2, 0.25) is 0 Å². The van der Waals surface area contributed by atoms with E-state index in [1.165, 1.54) is 0 Å². The van der Waals surface area contributed by atoms with Gasteiger partial charge in [-0.1, -0.05) is 6.92 Å². The molecule has 0 spiro atoms. The monoisotopic (exact) mass is 217 g/mol. The van der Waals surface area contributed by atoms with Gasteiger partial charge in [-0.25, -0.2) is 8.42 Å². The van der Waals surface area contributed by atoms with Crippen LogP contribution in [0.5, 0.6) is 0 Å². The Labute approximate surface area is 83.8 Å². The summed E-state index contributed by atoms with van der Waals surface area (Å²) in [5, 5.41) is 4.07. The number of aryl methyl sites for hydroxylation is 1. The maximum Gasteiger partial charge on any atom is 0.155 e. The smallest absolute Gasteiger partial charge is 0.155 e. The maximum atomic E-state index is 11.3. The molecule has 1 heterocycles. The fourth-order valence-electron chi connectivity index (χ4n) is 1.14. The van der Waals surface area contributed by atoms with Crippen molar-refractivity contribution in [2.24, 2.45) is 0 Å². The van der Waals surface area contributed by atoms with Crippen LogP contribution in [0, 0.1) is 0 Å². The molecule has 1 aromatic rings. The summed E-state index contributed by atoms with van der Waals surface area (Å²) < 4.78 is 24.2. The van der Waals surface area contributed by atoms with Gasteiger partial charge in [0.1, 0.15) is 5.82 Å². The standard InChI is InChI=1S/C8H15N3O2S/c1-3-11-8(9)5-7(10-11)6-14(12,13)4-2/h5H,3-4,6,9H2,1-2H3. The lowest BCUT2D eigenvalue weighted by molar-refractivity contribution is 0.594. The van der Waals surface area contributed by atoms with E-state index in [2.05, 4.69) is 5.10 Å². The second-order valence-electron chi connectivity index (χ2n) is 3.05. The predicted molar refractivity (Wildman–Crippen MR) is 55.5 cm³/mol. The Kier molecular flexibility index (Phi) is 3.15. The van der Waals surface area contributed by atoms with Gasteiger partial charge in [-0.2, -0.15) is 5.10 Å². The molecular formula is C8H15N3O2S. The molecule has 0 saturated carbocycles. The molecule has 0 unspecified atom stereocenters. The Balaban J connectivity index is 2.88. The van der Waals surface area contributed by atoms with Crippen LogP contribution in [0.4, 0.5) is 5.82 Å². The molecule has 0 radical (unpaired) electrons. The minimum Gasteiger partial charge on any atom is -0.384 e. The Morgan fingerprint density at radius 1 is 1.50 bits per heavy atom. The van der Waals surface area contributed by atoms with E-state index in [-0.39, 0.29) is 11.5 Å². The number of anilines is 1. The molecule has 0 aliphatic heterocycles. The van der Waals surface area contributed by atoms with Crippen molar-refractivity contribution in [2.45, 2.75) is 26.1 Å². The maximum absolute atomic E-state index is 11.3. The second-order valence-corrected chi connectivity index (χ2v) is 5.41. The molecule has 2 N–H and O–H groups in total. The molecule has 0 atom stereocenters. The minimum atomic E-state index is -3.02. The molecule has 0 amide bonds. The summed E-state index contributed by atoms with van der Waals surface area (Å²) >= 11 is 0. The molecule has 0 fully saturated rings. The van der Waals surface area contributed by atoms with Crippen molar-refractivity contribution in [3.63, 3.8) is 0 Å². The van der Waals surface area contributed by atoms with E-state index in [1.54, 1.807) is 17.7 Å². The normalized spacial score (nSPS) is 11.9. The third kappa shape index (κ3) is 2.47. The van der Waals surface area contributed by atoms with Crippen molar-refractivity contribution in [1.29, 1.82) is 0 Å². The highest BCUT2D eigenvalue weighted by molar-refractivity contribution is 7.90. The molecule has 80 valence electrons. The average Bonchev–Trinajstić information content (AvgIpc) is 2.45. The Morgan fingerprint density at radius 2 is 2.14 bits per heavy atom. The third-order valence-corrected chi connectivity index (χ3v) is 3.58. The highest BCUT2D eigenvalue weighted by atomic mass is 32.2. The molecule has 0 aliphatic rings. The van der Waals surface area contributed by atoms with Crippen LogP contribution in [-0.4, -0.2) is 24.0 Å². The van der Waals surface area contributed by atoms with Crippen molar-refractivity contribution < 1.29 is 8.42 Å². The Bertz CT molecular complexity index is 408. The molecule has 0 aromatic carbocycles. The SMILES string of the molecule is CCn1nc(CS(=O)(=O)CC)cc1N. The second kappa shape index (κ2) is 4.00. The van der Waals surface area contributed by atoms with Gasteiger partial charge < -0.3 is 5.73 Å². The van der Waals surface area contributed by atoms with Gasteiger partial charge in [-0.3, -0.25) is 4.68 Å². The molecule has 6 heteroatoms. The zero-order chi connectivity index (χ0) is 10.8. The quantitative estimate of drug-likeness (QED) is 0.792. The number of hydrogen-bond donors (Lipinski definition) is 1. The fourth-order valence-corrected chi connectivity index (χ4v) is 1.93. The molecule has 0 aliphatic carbocycles. The lowest BCUT2D eigenvalue weighted by atomic mass is 10.5. The van der Waals surface area contributed by atoms with Crippen LogP contribution in [-0.2, 0) is 22.1 Å². The van der Waals surface area contributed by atoms with Crippen LogP contribution in [0.2, 0.25) is 0 Å². The molecule has 5 nitrogen and oxygen atoms in total. The van der Waals surface area contributed by atoms with E-state index >= 15 is 0 Å².